The molecule has 84 valence electrons. The van der Waals surface area contributed by atoms with E-state index in [9.17, 15) is 4.79 Å². The lowest BCUT2D eigenvalue weighted by Gasteiger charge is -2.21. The molecule has 0 aliphatic carbocycles. The van der Waals surface area contributed by atoms with E-state index in [0.29, 0.717) is 11.1 Å². The topological polar surface area (TPSA) is 52.9 Å². The van der Waals surface area contributed by atoms with Crippen molar-refractivity contribution in [2.75, 3.05) is 0 Å². The average Bonchev–Trinajstić information content (AvgIpc) is 2.14. The van der Waals surface area contributed by atoms with E-state index >= 15 is 0 Å². The van der Waals surface area contributed by atoms with E-state index in [-0.39, 0.29) is 11.4 Å². The molecule has 0 saturated carbocycles. The number of nitrogens with zero attached hydrogens (tertiary/aromatic N) is 1. The smallest absolute Gasteiger partial charge is 0.251 e. The summed E-state index contributed by atoms with van der Waals surface area (Å²) in [6.07, 6.45) is 0. The van der Waals surface area contributed by atoms with Gasteiger partial charge >= 0.3 is 0 Å². The number of amides is 1. The van der Waals surface area contributed by atoms with E-state index in [1.54, 1.807) is 18.2 Å². The first kappa shape index (κ1) is 12.3. The number of aryl methyl sites for hydroxylation is 1. The molecule has 1 aromatic rings. The Kier molecular flexibility index (Phi) is 3.34. The van der Waals surface area contributed by atoms with Crippen LogP contribution in [0.15, 0.2) is 18.2 Å². The average molecular weight is 216 g/mol. The number of hydrogen-bond donors (Lipinski definition) is 1. The molecule has 0 aromatic heterocycles. The van der Waals surface area contributed by atoms with Crippen LogP contribution in [0.2, 0.25) is 0 Å². The highest BCUT2D eigenvalue weighted by Gasteiger charge is 2.16. The Bertz CT molecular complexity index is 450. The normalized spacial score (nSPS) is 10.7. The zero-order valence-corrected chi connectivity index (χ0v) is 10.1. The number of hydrogen-bond acceptors (Lipinski definition) is 2. The molecule has 16 heavy (non-hydrogen) atoms. The monoisotopic (exact) mass is 216 g/mol. The number of nitriles is 1. The van der Waals surface area contributed by atoms with E-state index in [2.05, 4.69) is 11.4 Å². The van der Waals surface area contributed by atoms with Crippen LogP contribution in [0.5, 0.6) is 0 Å². The molecule has 0 aliphatic rings. The minimum absolute atomic E-state index is 0.102. The van der Waals surface area contributed by atoms with Crippen molar-refractivity contribution >= 4 is 5.91 Å². The number of rotatable bonds is 1. The summed E-state index contributed by atoms with van der Waals surface area (Å²) in [7, 11) is 0. The maximum absolute atomic E-state index is 11.9. The van der Waals surface area contributed by atoms with Crippen LogP contribution in [0.1, 0.15) is 42.3 Å². The molecule has 0 radical (unpaired) electrons. The van der Waals surface area contributed by atoms with Gasteiger partial charge in [0.25, 0.3) is 5.91 Å². The number of nitrogens with one attached hydrogen (secondary N) is 1. The van der Waals surface area contributed by atoms with Crippen molar-refractivity contribution in [3.05, 3.63) is 34.9 Å². The van der Waals surface area contributed by atoms with Crippen LogP contribution in [0.3, 0.4) is 0 Å². The Hall–Kier alpha value is -1.82. The zero-order chi connectivity index (χ0) is 12.3. The van der Waals surface area contributed by atoms with Gasteiger partial charge in [0.15, 0.2) is 0 Å². The van der Waals surface area contributed by atoms with Crippen LogP contribution in [0.4, 0.5) is 0 Å². The van der Waals surface area contributed by atoms with Crippen molar-refractivity contribution in [1.29, 1.82) is 5.26 Å². The first-order valence-electron chi connectivity index (χ1n) is 5.17. The van der Waals surface area contributed by atoms with Gasteiger partial charge in [0, 0.05) is 11.1 Å². The van der Waals surface area contributed by atoms with E-state index in [1.165, 1.54) is 0 Å². The van der Waals surface area contributed by atoms with Gasteiger partial charge in [-0.2, -0.15) is 5.26 Å². The van der Waals surface area contributed by atoms with Gasteiger partial charge in [-0.1, -0.05) is 0 Å². The maximum atomic E-state index is 11.9. The molecule has 0 unspecified atom stereocenters. The van der Waals surface area contributed by atoms with Gasteiger partial charge in [0.05, 0.1) is 11.6 Å². The fraction of sp³-hybridized carbons (Fsp3) is 0.385. The highest BCUT2D eigenvalue weighted by molar-refractivity contribution is 5.96. The molecule has 1 rings (SSSR count). The standard InChI is InChI=1S/C13H16N2O/c1-9-7-10(8-14)5-6-11(9)12(16)15-13(2,3)4/h5-7H,1-4H3,(H,15,16). The first-order chi connectivity index (χ1) is 7.33. The zero-order valence-electron chi connectivity index (χ0n) is 10.1. The lowest BCUT2D eigenvalue weighted by Crippen LogP contribution is -2.40. The molecule has 0 heterocycles. The Morgan fingerprint density at radius 2 is 2.00 bits per heavy atom. The molecule has 3 heteroatoms. The van der Waals surface area contributed by atoms with Gasteiger partial charge in [0.2, 0.25) is 0 Å². The minimum Gasteiger partial charge on any atom is -0.347 e. The molecular formula is C13H16N2O. The van der Waals surface area contributed by atoms with E-state index in [0.717, 1.165) is 5.56 Å². The van der Waals surface area contributed by atoms with Crippen LogP contribution in [0, 0.1) is 18.3 Å². The van der Waals surface area contributed by atoms with Crippen molar-refractivity contribution in [1.82, 2.24) is 5.32 Å². The summed E-state index contributed by atoms with van der Waals surface area (Å²) in [4.78, 5) is 11.9. The van der Waals surface area contributed by atoms with Crippen molar-refractivity contribution in [3.63, 3.8) is 0 Å². The van der Waals surface area contributed by atoms with Crippen molar-refractivity contribution in [3.8, 4) is 6.07 Å². The van der Waals surface area contributed by atoms with Gasteiger partial charge < -0.3 is 5.32 Å². The fourth-order valence-electron chi connectivity index (χ4n) is 1.40. The van der Waals surface area contributed by atoms with Crippen LogP contribution < -0.4 is 5.32 Å². The van der Waals surface area contributed by atoms with Crippen LogP contribution >= 0.6 is 0 Å². The van der Waals surface area contributed by atoms with Gasteiger partial charge in [0.1, 0.15) is 0 Å². The lowest BCUT2D eigenvalue weighted by molar-refractivity contribution is 0.0919. The van der Waals surface area contributed by atoms with E-state index in [4.69, 9.17) is 5.26 Å². The third-order valence-electron chi connectivity index (χ3n) is 2.09. The third kappa shape index (κ3) is 3.09. The Morgan fingerprint density at radius 3 is 2.44 bits per heavy atom. The van der Waals surface area contributed by atoms with Gasteiger partial charge in [-0.25, -0.2) is 0 Å². The highest BCUT2D eigenvalue weighted by Crippen LogP contribution is 2.12. The van der Waals surface area contributed by atoms with Crippen molar-refractivity contribution in [2.24, 2.45) is 0 Å². The minimum atomic E-state index is -0.253. The summed E-state index contributed by atoms with van der Waals surface area (Å²) >= 11 is 0. The predicted octanol–water partition coefficient (Wildman–Crippen LogP) is 2.40. The van der Waals surface area contributed by atoms with Gasteiger partial charge in [-0.15, -0.1) is 0 Å². The summed E-state index contributed by atoms with van der Waals surface area (Å²) < 4.78 is 0. The molecule has 0 atom stereocenters. The quantitative estimate of drug-likeness (QED) is 0.783. The summed E-state index contributed by atoms with van der Waals surface area (Å²) in [5, 5.41) is 11.6. The maximum Gasteiger partial charge on any atom is 0.251 e. The molecule has 0 saturated heterocycles. The second-order valence-corrected chi connectivity index (χ2v) is 4.85. The molecular weight excluding hydrogens is 200 g/mol. The molecule has 1 aromatic carbocycles. The third-order valence-corrected chi connectivity index (χ3v) is 2.09. The summed E-state index contributed by atoms with van der Waals surface area (Å²) in [6, 6.07) is 7.12. The summed E-state index contributed by atoms with van der Waals surface area (Å²) in [5.41, 5.74) is 1.76. The van der Waals surface area contributed by atoms with E-state index in [1.807, 2.05) is 27.7 Å². The van der Waals surface area contributed by atoms with Crippen molar-refractivity contribution < 1.29 is 4.79 Å². The molecule has 3 nitrogen and oxygen atoms in total. The number of benzene rings is 1. The highest BCUT2D eigenvalue weighted by atomic mass is 16.1. The Balaban J connectivity index is 2.98. The molecule has 0 fully saturated rings. The summed E-state index contributed by atoms with van der Waals surface area (Å²) in [6.45, 7) is 7.63. The van der Waals surface area contributed by atoms with Crippen LogP contribution in [0.25, 0.3) is 0 Å². The second-order valence-electron chi connectivity index (χ2n) is 4.85. The second kappa shape index (κ2) is 4.36. The summed E-state index contributed by atoms with van der Waals surface area (Å²) in [5.74, 6) is -0.102. The molecule has 0 aliphatic heterocycles. The first-order valence-corrected chi connectivity index (χ1v) is 5.17. The predicted molar refractivity (Wildman–Crippen MR) is 63.1 cm³/mol. The molecule has 1 amide bonds. The SMILES string of the molecule is Cc1cc(C#N)ccc1C(=O)NC(C)(C)C. The molecule has 0 bridgehead atoms. The Morgan fingerprint density at radius 1 is 1.38 bits per heavy atom. The van der Waals surface area contributed by atoms with Gasteiger partial charge in [-0.05, 0) is 51.5 Å². The van der Waals surface area contributed by atoms with Gasteiger partial charge in [-0.3, -0.25) is 4.79 Å². The lowest BCUT2D eigenvalue weighted by atomic mass is 10.0. The number of carbonyl (C=O) groups excluding carboxylic acids is 1. The van der Waals surface area contributed by atoms with Crippen LogP contribution in [-0.2, 0) is 0 Å². The number of carbonyl (C=O) groups is 1. The molecule has 0 spiro atoms. The fourth-order valence-corrected chi connectivity index (χ4v) is 1.40. The Labute approximate surface area is 96.1 Å². The van der Waals surface area contributed by atoms with Crippen LogP contribution in [-0.4, -0.2) is 11.4 Å². The molecule has 1 N–H and O–H groups in total. The largest absolute Gasteiger partial charge is 0.347 e. The van der Waals surface area contributed by atoms with E-state index < -0.39 is 0 Å². The van der Waals surface area contributed by atoms with Crippen molar-refractivity contribution in [2.45, 2.75) is 33.2 Å².